The molecule has 0 aromatic carbocycles. The fourth-order valence-electron chi connectivity index (χ4n) is 2.39. The van der Waals surface area contributed by atoms with Crippen molar-refractivity contribution in [2.24, 2.45) is 0 Å². The van der Waals surface area contributed by atoms with E-state index in [1.165, 1.54) is 77.0 Å². The van der Waals surface area contributed by atoms with Crippen molar-refractivity contribution in [2.45, 2.75) is 90.4 Å². The van der Waals surface area contributed by atoms with Crippen LogP contribution in [-0.2, 0) is 0 Å². The van der Waals surface area contributed by atoms with Gasteiger partial charge in [-0.05, 0) is 6.42 Å². The van der Waals surface area contributed by atoms with Gasteiger partial charge in [-0.2, -0.15) is 5.53 Å². The number of hydrogen-bond acceptors (Lipinski definition) is 3. The summed E-state index contributed by atoms with van der Waals surface area (Å²) < 4.78 is 0. The first-order valence-corrected chi connectivity index (χ1v) is 8.74. The monoisotopic (exact) mass is 301 g/mol. The van der Waals surface area contributed by atoms with Crippen LogP contribution in [0.2, 0.25) is 0 Å². The van der Waals surface area contributed by atoms with Gasteiger partial charge in [-0.25, -0.2) is 15.6 Å². The third-order valence-corrected chi connectivity index (χ3v) is 3.66. The summed E-state index contributed by atoms with van der Waals surface area (Å²) in [5, 5.41) is 8.32. The Labute approximate surface area is 130 Å². The zero-order chi connectivity index (χ0) is 15.6. The molecule has 0 bridgehead atoms. The minimum absolute atomic E-state index is 0.790. The Bertz CT molecular complexity index is 226. The fourth-order valence-corrected chi connectivity index (χ4v) is 2.39. The molecule has 0 fully saturated rings. The molecule has 0 saturated heterocycles. The number of carbonyl (C=O) groups is 1. The van der Waals surface area contributed by atoms with Gasteiger partial charge >= 0.3 is 6.09 Å². The third kappa shape index (κ3) is 19.2. The van der Waals surface area contributed by atoms with Gasteiger partial charge in [-0.15, -0.1) is 0 Å². The van der Waals surface area contributed by atoms with E-state index in [0.717, 1.165) is 13.0 Å². The zero-order valence-corrected chi connectivity index (χ0v) is 13.8. The van der Waals surface area contributed by atoms with Crippen LogP contribution < -0.4 is 16.4 Å². The predicted molar refractivity (Wildman–Crippen MR) is 88.0 cm³/mol. The Hall–Kier alpha value is -0.810. The molecule has 0 aliphatic heterocycles. The molecule has 0 aliphatic carbocycles. The molecule has 5 nitrogen and oxygen atoms in total. The maximum atomic E-state index is 10.1. The molecule has 0 saturated carbocycles. The second kappa shape index (κ2) is 17.2. The van der Waals surface area contributed by atoms with Gasteiger partial charge in [0.15, 0.2) is 0 Å². The van der Waals surface area contributed by atoms with E-state index in [1.54, 1.807) is 0 Å². The van der Waals surface area contributed by atoms with E-state index in [4.69, 9.17) is 5.11 Å². The van der Waals surface area contributed by atoms with Crippen LogP contribution >= 0.6 is 0 Å². The van der Waals surface area contributed by atoms with Crippen molar-refractivity contribution >= 4 is 6.09 Å². The van der Waals surface area contributed by atoms with E-state index in [9.17, 15) is 4.79 Å². The molecule has 0 aliphatic rings. The Morgan fingerprint density at radius 2 is 1.19 bits per heavy atom. The largest absolute Gasteiger partial charge is 0.464 e. The van der Waals surface area contributed by atoms with E-state index in [0.29, 0.717) is 0 Å². The third-order valence-electron chi connectivity index (χ3n) is 3.66. The van der Waals surface area contributed by atoms with E-state index < -0.39 is 6.09 Å². The molecule has 0 heterocycles. The molecular formula is C16H35N3O2. The molecule has 21 heavy (non-hydrogen) atoms. The summed E-state index contributed by atoms with van der Waals surface area (Å²) in [7, 11) is 0. The second-order valence-electron chi connectivity index (χ2n) is 5.72. The first-order chi connectivity index (χ1) is 10.3. The summed E-state index contributed by atoms with van der Waals surface area (Å²) in [6.07, 6.45) is 16.4. The van der Waals surface area contributed by atoms with Crippen molar-refractivity contribution in [3.05, 3.63) is 0 Å². The molecule has 1 amide bonds. The van der Waals surface area contributed by atoms with E-state index in [-0.39, 0.29) is 0 Å². The lowest BCUT2D eigenvalue weighted by atomic mass is 10.0. The van der Waals surface area contributed by atoms with Gasteiger partial charge in [0, 0.05) is 6.54 Å². The first kappa shape index (κ1) is 20.2. The van der Waals surface area contributed by atoms with Crippen molar-refractivity contribution in [3.63, 3.8) is 0 Å². The van der Waals surface area contributed by atoms with Gasteiger partial charge < -0.3 is 5.11 Å². The average molecular weight is 301 g/mol. The second-order valence-corrected chi connectivity index (χ2v) is 5.72. The van der Waals surface area contributed by atoms with Crippen LogP contribution in [0.25, 0.3) is 0 Å². The number of rotatable bonds is 16. The summed E-state index contributed by atoms with van der Waals surface area (Å²) in [4.78, 5) is 10.1. The number of amides is 1. The van der Waals surface area contributed by atoms with Crippen molar-refractivity contribution in [2.75, 3.05) is 6.54 Å². The van der Waals surface area contributed by atoms with E-state index in [1.807, 2.05) is 5.43 Å². The SMILES string of the molecule is CCCCCCCCCCCCCCCNNNC(=O)O. The van der Waals surface area contributed by atoms with E-state index in [2.05, 4.69) is 17.9 Å². The summed E-state index contributed by atoms with van der Waals surface area (Å²) in [6, 6.07) is 0. The molecule has 0 aromatic heterocycles. The maximum absolute atomic E-state index is 10.1. The Morgan fingerprint density at radius 1 is 0.762 bits per heavy atom. The van der Waals surface area contributed by atoms with Crippen LogP contribution in [0.4, 0.5) is 4.79 Å². The highest BCUT2D eigenvalue weighted by Crippen LogP contribution is 2.12. The Kier molecular flexibility index (Phi) is 16.6. The summed E-state index contributed by atoms with van der Waals surface area (Å²) >= 11 is 0. The minimum atomic E-state index is -1.08. The summed E-state index contributed by atoms with van der Waals surface area (Å²) in [6.45, 7) is 3.05. The average Bonchev–Trinajstić information content (AvgIpc) is 2.46. The Morgan fingerprint density at radius 3 is 1.62 bits per heavy atom. The highest BCUT2D eigenvalue weighted by atomic mass is 16.4. The molecule has 0 spiro atoms. The van der Waals surface area contributed by atoms with Crippen LogP contribution in [0, 0.1) is 0 Å². The van der Waals surface area contributed by atoms with Gasteiger partial charge in [0.1, 0.15) is 0 Å². The highest BCUT2D eigenvalue weighted by molar-refractivity contribution is 5.63. The molecule has 0 aromatic rings. The summed E-state index contributed by atoms with van der Waals surface area (Å²) in [5.41, 5.74) is 7.29. The van der Waals surface area contributed by atoms with Crippen LogP contribution in [-0.4, -0.2) is 17.7 Å². The maximum Gasteiger partial charge on any atom is 0.420 e. The van der Waals surface area contributed by atoms with Crippen molar-refractivity contribution in [1.29, 1.82) is 0 Å². The molecule has 0 atom stereocenters. The van der Waals surface area contributed by atoms with Gasteiger partial charge in [-0.3, -0.25) is 0 Å². The topological polar surface area (TPSA) is 73.4 Å². The number of hydrazine groups is 2. The lowest BCUT2D eigenvalue weighted by Gasteiger charge is -2.06. The predicted octanol–water partition coefficient (Wildman–Crippen LogP) is 4.35. The van der Waals surface area contributed by atoms with Gasteiger partial charge in [0.25, 0.3) is 0 Å². The molecule has 5 heteroatoms. The lowest BCUT2D eigenvalue weighted by molar-refractivity contribution is 0.185. The van der Waals surface area contributed by atoms with Gasteiger partial charge in [0.05, 0.1) is 0 Å². The number of nitrogens with one attached hydrogen (secondary N) is 3. The lowest BCUT2D eigenvalue weighted by Crippen LogP contribution is -2.46. The number of unbranched alkanes of at least 4 members (excludes halogenated alkanes) is 12. The van der Waals surface area contributed by atoms with Gasteiger partial charge in [0.2, 0.25) is 0 Å². The van der Waals surface area contributed by atoms with Crippen molar-refractivity contribution in [3.8, 4) is 0 Å². The normalized spacial score (nSPS) is 10.7. The number of hydrogen-bond donors (Lipinski definition) is 4. The van der Waals surface area contributed by atoms with Gasteiger partial charge in [-0.1, -0.05) is 84.0 Å². The quantitative estimate of drug-likeness (QED) is 0.252. The Balaban J connectivity index is 2.95. The van der Waals surface area contributed by atoms with Crippen molar-refractivity contribution < 1.29 is 9.90 Å². The molecule has 0 radical (unpaired) electrons. The molecule has 0 rings (SSSR count). The number of carboxylic acid groups (broad SMARTS) is 1. The summed E-state index contributed by atoms with van der Waals surface area (Å²) in [5.74, 6) is 0. The van der Waals surface area contributed by atoms with Crippen LogP contribution in [0.5, 0.6) is 0 Å². The van der Waals surface area contributed by atoms with Crippen LogP contribution in [0.3, 0.4) is 0 Å². The molecule has 4 N–H and O–H groups in total. The smallest absolute Gasteiger partial charge is 0.420 e. The van der Waals surface area contributed by atoms with Crippen LogP contribution in [0.15, 0.2) is 0 Å². The minimum Gasteiger partial charge on any atom is -0.464 e. The first-order valence-electron chi connectivity index (χ1n) is 8.74. The van der Waals surface area contributed by atoms with Crippen molar-refractivity contribution in [1.82, 2.24) is 16.4 Å². The fraction of sp³-hybridized carbons (Fsp3) is 0.938. The zero-order valence-electron chi connectivity index (χ0n) is 13.8. The molecule has 126 valence electrons. The van der Waals surface area contributed by atoms with Crippen LogP contribution in [0.1, 0.15) is 90.4 Å². The van der Waals surface area contributed by atoms with E-state index >= 15 is 0 Å². The highest BCUT2D eigenvalue weighted by Gasteiger charge is 1.94. The standard InChI is InChI=1S/C16H35N3O2/c1-2-3-4-5-6-7-8-9-10-11-12-13-14-15-17-19-18-16(20)21/h17-19H,2-15H2,1H3,(H,20,21). The molecule has 0 unspecified atom stereocenters. The molecular weight excluding hydrogens is 266 g/mol.